The first-order chi connectivity index (χ1) is 5.07. The van der Waals surface area contributed by atoms with Gasteiger partial charge in [-0.15, -0.1) is 0 Å². The molecule has 0 bridgehead atoms. The van der Waals surface area contributed by atoms with Crippen LogP contribution in [0.3, 0.4) is 0 Å². The minimum Gasteiger partial charge on any atom is -0.0749 e. The Kier molecular flexibility index (Phi) is 5.72. The monoisotopic (exact) mass is 152 g/mol. The van der Waals surface area contributed by atoms with Gasteiger partial charge in [0.2, 0.25) is 0 Å². The van der Waals surface area contributed by atoms with E-state index < -0.39 is 0 Å². The molecule has 0 fully saturated rings. The lowest BCUT2D eigenvalue weighted by molar-refractivity contribution is 0.404. The molecule has 0 N–H and O–H groups in total. The predicted octanol–water partition coefficient (Wildman–Crippen LogP) is 3.43. The van der Waals surface area contributed by atoms with E-state index in [4.69, 9.17) is 7.85 Å². The van der Waals surface area contributed by atoms with Crippen molar-refractivity contribution >= 4 is 7.85 Å². The molecule has 11 heavy (non-hydrogen) atoms. The van der Waals surface area contributed by atoms with Gasteiger partial charge < -0.3 is 0 Å². The van der Waals surface area contributed by atoms with Crippen LogP contribution in [0.5, 0.6) is 0 Å². The summed E-state index contributed by atoms with van der Waals surface area (Å²) in [7, 11) is 5.98. The molecule has 0 aromatic heterocycles. The molecule has 64 valence electrons. The molecule has 0 saturated carbocycles. The molecule has 0 aliphatic heterocycles. The summed E-state index contributed by atoms with van der Waals surface area (Å²) >= 11 is 0. The number of hydrogen-bond acceptors (Lipinski definition) is 0. The van der Waals surface area contributed by atoms with Gasteiger partial charge in [0.25, 0.3) is 0 Å². The maximum atomic E-state index is 5.98. The lowest BCUT2D eigenvalue weighted by Gasteiger charge is -2.21. The Bertz CT molecular complexity index is 88.9. The summed E-state index contributed by atoms with van der Waals surface area (Å²) in [6.07, 6.45) is 3.65. The third-order valence-corrected chi connectivity index (χ3v) is 2.20. The Morgan fingerprint density at radius 2 is 1.73 bits per heavy atom. The first kappa shape index (κ1) is 11.1. The molecular weight excluding hydrogens is 131 g/mol. The van der Waals surface area contributed by atoms with Crippen LogP contribution in [0, 0.1) is 11.8 Å². The van der Waals surface area contributed by atoms with Gasteiger partial charge in [0.15, 0.2) is 0 Å². The fourth-order valence-corrected chi connectivity index (χ4v) is 1.54. The lowest BCUT2D eigenvalue weighted by Crippen LogP contribution is -2.08. The fourth-order valence-electron chi connectivity index (χ4n) is 1.54. The largest absolute Gasteiger partial charge is 0.0749 e. The summed E-state index contributed by atoms with van der Waals surface area (Å²) < 4.78 is 0. The van der Waals surface area contributed by atoms with E-state index in [1.54, 1.807) is 0 Å². The average molecular weight is 152 g/mol. The smallest absolute Gasteiger partial charge is 0.0703 e. The second kappa shape index (κ2) is 5.68. The molecule has 0 aromatic rings. The normalized spacial score (nSPS) is 16.8. The number of rotatable bonds is 5. The molecule has 0 aliphatic carbocycles. The van der Waals surface area contributed by atoms with E-state index in [0.29, 0.717) is 11.7 Å². The fraction of sp³-hybridized carbons (Fsp3) is 1.00. The highest BCUT2D eigenvalue weighted by molar-refractivity contribution is 6.11. The van der Waals surface area contributed by atoms with E-state index in [-0.39, 0.29) is 0 Å². The molecule has 0 saturated heterocycles. The van der Waals surface area contributed by atoms with Gasteiger partial charge in [0, 0.05) is 0 Å². The van der Waals surface area contributed by atoms with Crippen molar-refractivity contribution in [3.8, 4) is 0 Å². The Balaban J connectivity index is 3.54. The molecule has 1 heteroatoms. The zero-order valence-corrected chi connectivity index (χ0v) is 8.43. The summed E-state index contributed by atoms with van der Waals surface area (Å²) in [5.74, 6) is 1.89. The average Bonchev–Trinajstić information content (AvgIpc) is 1.86. The van der Waals surface area contributed by atoms with Crippen molar-refractivity contribution in [2.24, 2.45) is 11.8 Å². The summed E-state index contributed by atoms with van der Waals surface area (Å²) in [4.78, 5) is 0. The molecule has 2 atom stereocenters. The van der Waals surface area contributed by atoms with Crippen molar-refractivity contribution in [3.63, 3.8) is 0 Å². The molecule has 0 rings (SSSR count). The van der Waals surface area contributed by atoms with Gasteiger partial charge in [-0.1, -0.05) is 46.4 Å². The first-order valence-electron chi connectivity index (χ1n) is 4.83. The molecule has 2 radical (unpaired) electrons. The van der Waals surface area contributed by atoms with Crippen molar-refractivity contribution in [1.29, 1.82) is 0 Å². The number of hydrogen-bond donors (Lipinski definition) is 0. The molecule has 0 nitrogen and oxygen atoms in total. The van der Waals surface area contributed by atoms with Crippen molar-refractivity contribution in [2.45, 2.75) is 52.8 Å². The SMILES string of the molecule is [B]C(CCC)C(C)CC(C)C. The third-order valence-electron chi connectivity index (χ3n) is 2.20. The van der Waals surface area contributed by atoms with E-state index in [9.17, 15) is 0 Å². The topological polar surface area (TPSA) is 0 Å². The van der Waals surface area contributed by atoms with Crippen molar-refractivity contribution in [2.75, 3.05) is 0 Å². The summed E-state index contributed by atoms with van der Waals surface area (Å²) in [5, 5.41) is 0. The minimum atomic E-state index is 0.419. The zero-order chi connectivity index (χ0) is 8.85. The van der Waals surface area contributed by atoms with Gasteiger partial charge in [-0.25, -0.2) is 0 Å². The minimum absolute atomic E-state index is 0.419. The quantitative estimate of drug-likeness (QED) is 0.529. The Morgan fingerprint density at radius 3 is 2.09 bits per heavy atom. The van der Waals surface area contributed by atoms with Crippen molar-refractivity contribution in [1.82, 2.24) is 0 Å². The molecule has 0 aromatic carbocycles. The molecule has 0 aliphatic rings. The van der Waals surface area contributed by atoms with Crippen LogP contribution in [0.2, 0.25) is 5.82 Å². The van der Waals surface area contributed by atoms with E-state index in [1.165, 1.54) is 19.3 Å². The molecule has 0 heterocycles. The van der Waals surface area contributed by atoms with Crippen LogP contribution in [-0.4, -0.2) is 7.85 Å². The van der Waals surface area contributed by atoms with Crippen LogP contribution >= 0.6 is 0 Å². The van der Waals surface area contributed by atoms with Gasteiger partial charge in [0.1, 0.15) is 0 Å². The van der Waals surface area contributed by atoms with Crippen LogP contribution < -0.4 is 0 Å². The molecular formula is C10H21B. The molecule has 2 unspecified atom stereocenters. The van der Waals surface area contributed by atoms with Crippen LogP contribution in [0.25, 0.3) is 0 Å². The van der Waals surface area contributed by atoms with Gasteiger partial charge >= 0.3 is 0 Å². The van der Waals surface area contributed by atoms with Crippen molar-refractivity contribution in [3.05, 3.63) is 0 Å². The Labute approximate surface area is 73.2 Å². The molecule has 0 spiro atoms. The van der Waals surface area contributed by atoms with Gasteiger partial charge in [-0.2, -0.15) is 0 Å². The third kappa shape index (κ3) is 5.35. The van der Waals surface area contributed by atoms with Gasteiger partial charge in [-0.3, -0.25) is 0 Å². The summed E-state index contributed by atoms with van der Waals surface area (Å²) in [6, 6.07) is 0. The van der Waals surface area contributed by atoms with Crippen LogP contribution in [0.4, 0.5) is 0 Å². The van der Waals surface area contributed by atoms with Crippen LogP contribution in [-0.2, 0) is 0 Å². The van der Waals surface area contributed by atoms with Crippen molar-refractivity contribution < 1.29 is 0 Å². The highest BCUT2D eigenvalue weighted by Gasteiger charge is 2.11. The van der Waals surface area contributed by atoms with Gasteiger partial charge in [-0.05, 0) is 18.3 Å². The zero-order valence-electron chi connectivity index (χ0n) is 8.43. The van der Waals surface area contributed by atoms with E-state index in [2.05, 4.69) is 27.7 Å². The first-order valence-corrected chi connectivity index (χ1v) is 4.83. The predicted molar refractivity (Wildman–Crippen MR) is 53.0 cm³/mol. The van der Waals surface area contributed by atoms with Gasteiger partial charge in [0.05, 0.1) is 7.85 Å². The highest BCUT2D eigenvalue weighted by atomic mass is 14.1. The maximum absolute atomic E-state index is 5.98. The van der Waals surface area contributed by atoms with E-state index in [1.807, 2.05) is 0 Å². The Hall–Kier alpha value is 0.0649. The molecule has 0 amide bonds. The standard InChI is InChI=1S/C10H21B/c1-5-6-10(11)9(4)7-8(2)3/h8-10H,5-7H2,1-4H3. The highest BCUT2D eigenvalue weighted by Crippen LogP contribution is 2.25. The second-order valence-corrected chi connectivity index (χ2v) is 4.06. The van der Waals surface area contributed by atoms with E-state index >= 15 is 0 Å². The lowest BCUT2D eigenvalue weighted by atomic mass is 9.72. The summed E-state index contributed by atoms with van der Waals surface area (Å²) in [6.45, 7) is 8.98. The second-order valence-electron chi connectivity index (χ2n) is 4.06. The maximum Gasteiger partial charge on any atom is 0.0703 e. The van der Waals surface area contributed by atoms with E-state index in [0.717, 1.165) is 5.92 Å². The van der Waals surface area contributed by atoms with Crippen LogP contribution in [0.15, 0.2) is 0 Å². The van der Waals surface area contributed by atoms with Crippen LogP contribution in [0.1, 0.15) is 47.0 Å². The Morgan fingerprint density at radius 1 is 1.18 bits per heavy atom. The summed E-state index contributed by atoms with van der Waals surface area (Å²) in [5.41, 5.74) is 0.